The molecule has 110 valence electrons. The molecule has 10 nitrogen and oxygen atoms in total. The molecule has 10 heteroatoms. The maximum Gasteiger partial charge on any atom is 0.372 e. The number of nitrogens with zero attached hydrogens (tertiary/aromatic N) is 4. The summed E-state index contributed by atoms with van der Waals surface area (Å²) < 4.78 is 9.66. The standard InChI is InChI=1S/C10H14N4O6/c1-19-4-3-13(5-7(15)16)9-8(14(17)18)10(20-2)12-6-11-9/h6H,3-5H2,1-2H3,(H,15,16). The molecule has 0 aromatic carbocycles. The smallest absolute Gasteiger partial charge is 0.372 e. The van der Waals surface area contributed by atoms with Crippen molar-refractivity contribution < 1.29 is 24.3 Å². The van der Waals surface area contributed by atoms with Crippen LogP contribution in [0.4, 0.5) is 11.5 Å². The Morgan fingerprint density at radius 2 is 2.20 bits per heavy atom. The Labute approximate surface area is 114 Å². The van der Waals surface area contributed by atoms with Crippen molar-refractivity contribution in [3.05, 3.63) is 16.4 Å². The maximum absolute atomic E-state index is 11.1. The van der Waals surface area contributed by atoms with E-state index in [1.807, 2.05) is 0 Å². The molecule has 0 atom stereocenters. The van der Waals surface area contributed by atoms with Crippen LogP contribution in [0.25, 0.3) is 0 Å². The lowest BCUT2D eigenvalue weighted by Crippen LogP contribution is -2.34. The summed E-state index contributed by atoms with van der Waals surface area (Å²) in [6, 6.07) is 0. The van der Waals surface area contributed by atoms with E-state index in [2.05, 4.69) is 9.97 Å². The minimum Gasteiger partial charge on any atom is -0.480 e. The molecule has 0 unspecified atom stereocenters. The van der Waals surface area contributed by atoms with Crippen LogP contribution < -0.4 is 9.64 Å². The number of aliphatic carboxylic acids is 1. The van der Waals surface area contributed by atoms with Crippen LogP contribution in [0.1, 0.15) is 0 Å². The summed E-state index contributed by atoms with van der Waals surface area (Å²) in [5.41, 5.74) is -0.479. The van der Waals surface area contributed by atoms with Crippen LogP contribution in [-0.2, 0) is 9.53 Å². The summed E-state index contributed by atoms with van der Waals surface area (Å²) in [6.07, 6.45) is 1.07. The molecule has 0 radical (unpaired) electrons. The number of carboxylic acid groups (broad SMARTS) is 1. The lowest BCUT2D eigenvalue weighted by Gasteiger charge is -2.20. The van der Waals surface area contributed by atoms with Crippen molar-refractivity contribution in [3.8, 4) is 5.88 Å². The second-order valence-electron chi connectivity index (χ2n) is 3.62. The Morgan fingerprint density at radius 1 is 1.50 bits per heavy atom. The molecule has 1 N–H and O–H groups in total. The monoisotopic (exact) mass is 286 g/mol. The molecule has 0 amide bonds. The largest absolute Gasteiger partial charge is 0.480 e. The Hall–Kier alpha value is -2.49. The van der Waals surface area contributed by atoms with Gasteiger partial charge in [-0.25, -0.2) is 4.98 Å². The lowest BCUT2D eigenvalue weighted by atomic mass is 10.3. The number of anilines is 1. The van der Waals surface area contributed by atoms with Crippen molar-refractivity contribution in [2.45, 2.75) is 0 Å². The van der Waals surface area contributed by atoms with Crippen molar-refractivity contribution in [2.75, 3.05) is 38.8 Å². The highest BCUT2D eigenvalue weighted by Gasteiger charge is 2.28. The molecular formula is C10H14N4O6. The van der Waals surface area contributed by atoms with E-state index in [1.165, 1.54) is 19.1 Å². The van der Waals surface area contributed by atoms with Gasteiger partial charge in [-0.2, -0.15) is 4.98 Å². The van der Waals surface area contributed by atoms with E-state index in [9.17, 15) is 14.9 Å². The van der Waals surface area contributed by atoms with Crippen molar-refractivity contribution in [2.24, 2.45) is 0 Å². The summed E-state index contributed by atoms with van der Waals surface area (Å²) in [5, 5.41) is 20.0. The number of ether oxygens (including phenoxy) is 2. The van der Waals surface area contributed by atoms with Gasteiger partial charge in [0.05, 0.1) is 18.6 Å². The predicted octanol–water partition coefficient (Wildman–Crippen LogP) is -0.0692. The van der Waals surface area contributed by atoms with Crippen LogP contribution in [0.2, 0.25) is 0 Å². The minimum absolute atomic E-state index is 0.124. The second-order valence-corrected chi connectivity index (χ2v) is 3.62. The highest BCUT2D eigenvalue weighted by molar-refractivity contribution is 5.75. The quantitative estimate of drug-likeness (QED) is 0.515. The molecule has 0 saturated carbocycles. The van der Waals surface area contributed by atoms with Gasteiger partial charge in [0.15, 0.2) is 0 Å². The molecule has 0 fully saturated rings. The minimum atomic E-state index is -1.15. The number of hydrogen-bond donors (Lipinski definition) is 1. The van der Waals surface area contributed by atoms with Crippen molar-refractivity contribution in [1.29, 1.82) is 0 Å². The van der Waals surface area contributed by atoms with Crippen LogP contribution in [0.15, 0.2) is 6.33 Å². The molecule has 1 aromatic rings. The molecule has 0 spiro atoms. The average molecular weight is 286 g/mol. The molecular weight excluding hydrogens is 272 g/mol. The van der Waals surface area contributed by atoms with Gasteiger partial charge in [0, 0.05) is 13.7 Å². The number of nitro groups is 1. The summed E-state index contributed by atoms with van der Waals surface area (Å²) >= 11 is 0. The molecule has 0 saturated heterocycles. The molecule has 0 aliphatic heterocycles. The van der Waals surface area contributed by atoms with Crippen LogP contribution in [0.3, 0.4) is 0 Å². The first-order chi connectivity index (χ1) is 9.51. The first kappa shape index (κ1) is 15.6. The van der Waals surface area contributed by atoms with E-state index in [0.29, 0.717) is 0 Å². The number of rotatable bonds is 8. The van der Waals surface area contributed by atoms with Gasteiger partial charge in [0.25, 0.3) is 5.88 Å². The fourth-order valence-corrected chi connectivity index (χ4v) is 1.52. The van der Waals surface area contributed by atoms with Gasteiger partial charge in [0.1, 0.15) is 12.9 Å². The number of methoxy groups -OCH3 is 2. The zero-order valence-corrected chi connectivity index (χ0v) is 11.0. The molecule has 1 aromatic heterocycles. The third-order valence-electron chi connectivity index (χ3n) is 2.34. The number of carbonyl (C=O) groups is 1. The fourth-order valence-electron chi connectivity index (χ4n) is 1.52. The molecule has 0 bridgehead atoms. The Morgan fingerprint density at radius 3 is 2.70 bits per heavy atom. The van der Waals surface area contributed by atoms with E-state index >= 15 is 0 Å². The highest BCUT2D eigenvalue weighted by atomic mass is 16.6. The number of carboxylic acids is 1. The van der Waals surface area contributed by atoms with E-state index in [-0.39, 0.29) is 24.8 Å². The van der Waals surface area contributed by atoms with Gasteiger partial charge in [-0.1, -0.05) is 0 Å². The molecule has 0 aliphatic carbocycles. The van der Waals surface area contributed by atoms with Crippen molar-refractivity contribution in [3.63, 3.8) is 0 Å². The second kappa shape index (κ2) is 7.19. The highest BCUT2D eigenvalue weighted by Crippen LogP contribution is 2.32. The molecule has 0 aliphatic rings. The summed E-state index contributed by atoms with van der Waals surface area (Å²) in [7, 11) is 2.67. The van der Waals surface area contributed by atoms with Gasteiger partial charge in [-0.3, -0.25) is 14.9 Å². The number of hydrogen-bond acceptors (Lipinski definition) is 8. The molecule has 1 heterocycles. The van der Waals surface area contributed by atoms with Crippen molar-refractivity contribution in [1.82, 2.24) is 9.97 Å². The topological polar surface area (TPSA) is 128 Å². The van der Waals surface area contributed by atoms with E-state index in [0.717, 1.165) is 6.33 Å². The Kier molecular flexibility index (Phi) is 5.59. The predicted molar refractivity (Wildman–Crippen MR) is 67.0 cm³/mol. The van der Waals surface area contributed by atoms with Crippen LogP contribution in [0.5, 0.6) is 5.88 Å². The van der Waals surface area contributed by atoms with E-state index in [4.69, 9.17) is 14.6 Å². The van der Waals surface area contributed by atoms with Gasteiger partial charge >= 0.3 is 11.7 Å². The van der Waals surface area contributed by atoms with E-state index in [1.54, 1.807) is 0 Å². The SMILES string of the molecule is COCCN(CC(=O)O)c1ncnc(OC)c1[N+](=O)[O-]. The maximum atomic E-state index is 11.1. The third kappa shape index (κ3) is 3.75. The van der Waals surface area contributed by atoms with Gasteiger partial charge in [-0.15, -0.1) is 0 Å². The Balaban J connectivity index is 3.23. The average Bonchev–Trinajstić information content (AvgIpc) is 2.41. The zero-order valence-electron chi connectivity index (χ0n) is 11.0. The van der Waals surface area contributed by atoms with Crippen LogP contribution in [-0.4, -0.2) is 59.9 Å². The third-order valence-corrected chi connectivity index (χ3v) is 2.34. The summed E-state index contributed by atoms with van der Waals surface area (Å²) in [5.74, 6) is -1.50. The van der Waals surface area contributed by atoms with Crippen LogP contribution in [0, 0.1) is 10.1 Å². The lowest BCUT2D eigenvalue weighted by molar-refractivity contribution is -0.385. The van der Waals surface area contributed by atoms with Crippen molar-refractivity contribution >= 4 is 17.5 Å². The van der Waals surface area contributed by atoms with Gasteiger partial charge < -0.3 is 19.5 Å². The number of aromatic nitrogens is 2. The zero-order chi connectivity index (χ0) is 15.1. The Bertz CT molecular complexity index is 495. The summed E-state index contributed by atoms with van der Waals surface area (Å²) in [4.78, 5) is 29.9. The summed E-state index contributed by atoms with van der Waals surface area (Å²) in [6.45, 7) is -0.134. The fraction of sp³-hybridized carbons (Fsp3) is 0.500. The normalized spacial score (nSPS) is 10.1. The first-order valence-corrected chi connectivity index (χ1v) is 5.50. The first-order valence-electron chi connectivity index (χ1n) is 5.50. The molecule has 1 rings (SSSR count). The van der Waals surface area contributed by atoms with E-state index < -0.39 is 23.1 Å². The molecule has 20 heavy (non-hydrogen) atoms. The van der Waals surface area contributed by atoms with Gasteiger partial charge in [-0.05, 0) is 0 Å². The van der Waals surface area contributed by atoms with Crippen LogP contribution >= 0.6 is 0 Å². The van der Waals surface area contributed by atoms with Gasteiger partial charge in [0.2, 0.25) is 5.82 Å².